The van der Waals surface area contributed by atoms with Gasteiger partial charge in [-0.15, -0.1) is 0 Å². The number of esters is 1. The summed E-state index contributed by atoms with van der Waals surface area (Å²) in [6.45, 7) is 2.20. The number of thiol groups is 1. The van der Waals surface area contributed by atoms with E-state index in [1.165, 1.54) is 0 Å². The molecule has 0 saturated carbocycles. The van der Waals surface area contributed by atoms with Gasteiger partial charge in [-0.25, -0.2) is 0 Å². The molecule has 0 aromatic carbocycles. The molecular formula is C6H12O3S. The number of rotatable bonds is 4. The molecule has 0 radical (unpaired) electrons. The van der Waals surface area contributed by atoms with Gasteiger partial charge in [0.15, 0.2) is 0 Å². The molecule has 0 amide bonds. The fourth-order valence-electron chi connectivity index (χ4n) is 0.530. The third kappa shape index (κ3) is 4.64. The quantitative estimate of drug-likeness (QED) is 0.485. The lowest BCUT2D eigenvalue weighted by Gasteiger charge is -2.10. The molecule has 0 N–H and O–H groups in total. The lowest BCUT2D eigenvalue weighted by Crippen LogP contribution is -2.20. The van der Waals surface area contributed by atoms with E-state index in [-0.39, 0.29) is 17.8 Å². The van der Waals surface area contributed by atoms with Crippen LogP contribution < -0.4 is 0 Å². The molecule has 0 aromatic rings. The maximum Gasteiger partial charge on any atom is 0.315 e. The van der Waals surface area contributed by atoms with E-state index in [1.807, 2.05) is 0 Å². The molecule has 0 fully saturated rings. The number of methoxy groups -OCH3 is 1. The van der Waals surface area contributed by atoms with Crippen molar-refractivity contribution in [3.05, 3.63) is 0 Å². The van der Waals surface area contributed by atoms with E-state index in [1.54, 1.807) is 14.0 Å². The van der Waals surface area contributed by atoms with Crippen molar-refractivity contribution in [1.29, 1.82) is 0 Å². The average molecular weight is 164 g/mol. The van der Waals surface area contributed by atoms with Crippen molar-refractivity contribution in [2.45, 2.75) is 13.0 Å². The molecule has 1 unspecified atom stereocenters. The third-order valence-electron chi connectivity index (χ3n) is 0.863. The average Bonchev–Trinajstić information content (AvgIpc) is 1.88. The standard InChI is InChI=1S/C6H12O3S/c1-5(3-8-2)9-6(7)4-10/h5,10H,3-4H2,1-2H3. The van der Waals surface area contributed by atoms with E-state index in [4.69, 9.17) is 9.47 Å². The second kappa shape index (κ2) is 5.56. The van der Waals surface area contributed by atoms with Gasteiger partial charge in [-0.2, -0.15) is 12.6 Å². The molecule has 1 atom stereocenters. The van der Waals surface area contributed by atoms with Crippen LogP contribution in [0.1, 0.15) is 6.92 Å². The van der Waals surface area contributed by atoms with Crippen molar-refractivity contribution in [3.8, 4) is 0 Å². The van der Waals surface area contributed by atoms with Crippen molar-refractivity contribution in [3.63, 3.8) is 0 Å². The van der Waals surface area contributed by atoms with Crippen molar-refractivity contribution in [2.75, 3.05) is 19.5 Å². The Kier molecular flexibility index (Phi) is 5.43. The van der Waals surface area contributed by atoms with Gasteiger partial charge in [-0.1, -0.05) is 0 Å². The lowest BCUT2D eigenvalue weighted by molar-refractivity contribution is -0.147. The van der Waals surface area contributed by atoms with Gasteiger partial charge >= 0.3 is 5.97 Å². The molecule has 0 aromatic heterocycles. The van der Waals surface area contributed by atoms with Crippen LogP contribution in [0.2, 0.25) is 0 Å². The van der Waals surface area contributed by atoms with E-state index in [0.717, 1.165) is 0 Å². The van der Waals surface area contributed by atoms with Crippen molar-refractivity contribution in [1.82, 2.24) is 0 Å². The topological polar surface area (TPSA) is 35.5 Å². The minimum atomic E-state index is -0.312. The van der Waals surface area contributed by atoms with E-state index >= 15 is 0 Å². The van der Waals surface area contributed by atoms with Gasteiger partial charge in [0.2, 0.25) is 0 Å². The van der Waals surface area contributed by atoms with Crippen LogP contribution >= 0.6 is 12.6 Å². The lowest BCUT2D eigenvalue weighted by atomic mass is 10.4. The second-order valence-corrected chi connectivity index (χ2v) is 2.23. The van der Waals surface area contributed by atoms with Crippen LogP contribution in [0.25, 0.3) is 0 Å². The highest BCUT2D eigenvalue weighted by atomic mass is 32.1. The molecule has 10 heavy (non-hydrogen) atoms. The minimum absolute atomic E-state index is 0.119. The number of ether oxygens (including phenoxy) is 2. The van der Waals surface area contributed by atoms with Crippen LogP contribution in [0.15, 0.2) is 0 Å². The van der Waals surface area contributed by atoms with Gasteiger partial charge < -0.3 is 9.47 Å². The van der Waals surface area contributed by atoms with Crippen molar-refractivity contribution in [2.24, 2.45) is 0 Å². The third-order valence-corrected chi connectivity index (χ3v) is 1.12. The summed E-state index contributed by atoms with van der Waals surface area (Å²) in [7, 11) is 1.56. The molecule has 0 aliphatic carbocycles. The number of hydrogen-bond acceptors (Lipinski definition) is 4. The molecule has 0 aliphatic rings. The number of hydrogen-bond donors (Lipinski definition) is 1. The Morgan fingerprint density at radius 2 is 2.30 bits per heavy atom. The molecule has 60 valence electrons. The fraction of sp³-hybridized carbons (Fsp3) is 0.833. The predicted molar refractivity (Wildman–Crippen MR) is 41.3 cm³/mol. The summed E-state index contributed by atoms with van der Waals surface area (Å²) in [5.74, 6) is -0.193. The van der Waals surface area contributed by atoms with Crippen molar-refractivity contribution < 1.29 is 14.3 Å². The van der Waals surface area contributed by atoms with E-state index in [2.05, 4.69) is 12.6 Å². The normalized spacial score (nSPS) is 12.7. The number of carbonyl (C=O) groups excluding carboxylic acids is 1. The monoisotopic (exact) mass is 164 g/mol. The van der Waals surface area contributed by atoms with Gasteiger partial charge in [0.25, 0.3) is 0 Å². The number of carbonyl (C=O) groups is 1. The van der Waals surface area contributed by atoms with Gasteiger partial charge in [0.1, 0.15) is 6.10 Å². The van der Waals surface area contributed by atoms with E-state index in [9.17, 15) is 4.79 Å². The smallest absolute Gasteiger partial charge is 0.315 e. The second-order valence-electron chi connectivity index (χ2n) is 1.91. The molecule has 0 aliphatic heterocycles. The Bertz CT molecular complexity index is 105. The molecule has 0 saturated heterocycles. The van der Waals surface area contributed by atoms with Gasteiger partial charge in [0, 0.05) is 7.11 Å². The summed E-state index contributed by atoms with van der Waals surface area (Å²) in [5.41, 5.74) is 0. The Balaban J connectivity index is 3.37. The highest BCUT2D eigenvalue weighted by Crippen LogP contribution is 1.92. The summed E-state index contributed by atoms with van der Waals surface area (Å²) in [6, 6.07) is 0. The largest absolute Gasteiger partial charge is 0.460 e. The first-order valence-corrected chi connectivity index (χ1v) is 3.63. The van der Waals surface area contributed by atoms with Gasteiger partial charge in [-0.3, -0.25) is 4.79 Å². The van der Waals surface area contributed by atoms with Crippen LogP contribution in [-0.4, -0.2) is 31.5 Å². The molecular weight excluding hydrogens is 152 g/mol. The summed E-state index contributed by atoms with van der Waals surface area (Å²) in [4.78, 5) is 10.5. The zero-order chi connectivity index (χ0) is 7.98. The molecule has 0 rings (SSSR count). The summed E-state index contributed by atoms with van der Waals surface area (Å²) < 4.78 is 9.55. The molecule has 0 bridgehead atoms. The van der Waals surface area contributed by atoms with E-state index < -0.39 is 0 Å². The van der Waals surface area contributed by atoms with Crippen LogP contribution in [-0.2, 0) is 14.3 Å². The maximum atomic E-state index is 10.5. The van der Waals surface area contributed by atoms with Crippen LogP contribution in [0.5, 0.6) is 0 Å². The highest BCUT2D eigenvalue weighted by Gasteiger charge is 2.05. The summed E-state index contributed by atoms with van der Waals surface area (Å²) >= 11 is 3.74. The first-order chi connectivity index (χ1) is 4.70. The van der Waals surface area contributed by atoms with E-state index in [0.29, 0.717) is 6.61 Å². The SMILES string of the molecule is COCC(C)OC(=O)CS. The zero-order valence-electron chi connectivity index (χ0n) is 6.16. The minimum Gasteiger partial charge on any atom is -0.460 e. The first-order valence-electron chi connectivity index (χ1n) is 3.00. The fourth-order valence-corrected chi connectivity index (χ4v) is 0.605. The first kappa shape index (κ1) is 9.78. The Hall–Kier alpha value is -0.220. The van der Waals surface area contributed by atoms with Gasteiger partial charge in [0.05, 0.1) is 12.4 Å². The highest BCUT2D eigenvalue weighted by molar-refractivity contribution is 7.81. The Morgan fingerprint density at radius 3 is 2.70 bits per heavy atom. The summed E-state index contributed by atoms with van der Waals surface area (Å²) in [5, 5.41) is 0. The molecule has 0 spiro atoms. The molecule has 0 heterocycles. The summed E-state index contributed by atoms with van der Waals surface area (Å²) in [6.07, 6.45) is -0.176. The molecule has 3 nitrogen and oxygen atoms in total. The molecule has 4 heteroatoms. The maximum absolute atomic E-state index is 10.5. The van der Waals surface area contributed by atoms with Crippen molar-refractivity contribution >= 4 is 18.6 Å². The predicted octanol–water partition coefficient (Wildman–Crippen LogP) is 0.494. The van der Waals surface area contributed by atoms with Crippen LogP contribution in [0, 0.1) is 0 Å². The Labute approximate surface area is 66.1 Å². The Morgan fingerprint density at radius 1 is 1.70 bits per heavy atom. The zero-order valence-corrected chi connectivity index (χ0v) is 7.06. The van der Waals surface area contributed by atoms with Crippen LogP contribution in [0.3, 0.4) is 0 Å². The van der Waals surface area contributed by atoms with Gasteiger partial charge in [-0.05, 0) is 6.92 Å². The van der Waals surface area contributed by atoms with Crippen LogP contribution in [0.4, 0.5) is 0 Å².